The number of hydrogen-bond donors (Lipinski definition) is 2. The van der Waals surface area contributed by atoms with Gasteiger partial charge >= 0.3 is 6.09 Å². The average Bonchev–Trinajstić information content (AvgIpc) is 3.79. The number of aromatic nitrogens is 12. The van der Waals surface area contributed by atoms with Gasteiger partial charge in [-0.25, -0.2) is 33.8 Å². The second kappa shape index (κ2) is 11.9. The Kier molecular flexibility index (Phi) is 7.88. The normalized spacial score (nSPS) is 13.1. The van der Waals surface area contributed by atoms with Gasteiger partial charge in [-0.2, -0.15) is 20.4 Å². The minimum Gasteiger partial charge on any atom is -0.444 e. The summed E-state index contributed by atoms with van der Waals surface area (Å²) in [5, 5.41) is 22.9. The summed E-state index contributed by atoms with van der Waals surface area (Å²) < 4.78 is 12.9. The summed E-state index contributed by atoms with van der Waals surface area (Å²) >= 11 is 3.33. The molecule has 0 fully saturated rings. The van der Waals surface area contributed by atoms with E-state index in [4.69, 9.17) is 9.72 Å². The van der Waals surface area contributed by atoms with Crippen LogP contribution in [0.3, 0.4) is 0 Å². The molecule has 1 aliphatic heterocycles. The van der Waals surface area contributed by atoms with Gasteiger partial charge in [-0.3, -0.25) is 9.36 Å². The van der Waals surface area contributed by atoms with Gasteiger partial charge in [-0.1, -0.05) is 6.08 Å². The lowest BCUT2D eigenvalue weighted by Gasteiger charge is -2.24. The number of fused-ring (bicyclic) bond motifs is 2. The second-order valence-electron chi connectivity index (χ2n) is 11.1. The predicted octanol–water partition coefficient (Wildman–Crippen LogP) is 3.60. The number of nitrogens with zero attached hydrogens (tertiary/aromatic N) is 13. The second-order valence-corrected chi connectivity index (χ2v) is 11.9. The fourth-order valence-corrected chi connectivity index (χ4v) is 4.77. The van der Waals surface area contributed by atoms with Crippen LogP contribution in [0, 0.1) is 0 Å². The molecule has 0 bridgehead atoms. The van der Waals surface area contributed by atoms with Crippen LogP contribution in [0.5, 0.6) is 0 Å². The fourth-order valence-electron chi connectivity index (χ4n) is 4.40. The number of halogens is 1. The molecule has 0 atom stereocenters. The standard InChI is InChI=1S/C18H22N8O2.C9H8BrN7/c1-18(2,3)28-17(27)25-6-5-12(8-25)14-10-26-16(19-11-21-26)15(23-14)22-13-7-20-24(4)9-13;1-16-3-6(2-12-16)14-8-9-11-5-13-17(9)4-7(10)15-8/h5,7,9-11H,6,8H2,1-4H3,(H,22,23);2-5H,1H3,(H,14,15). The first-order valence-corrected chi connectivity index (χ1v) is 14.5. The quantitative estimate of drug-likeness (QED) is 0.272. The van der Waals surface area contributed by atoms with E-state index in [1.807, 2.05) is 53.3 Å². The van der Waals surface area contributed by atoms with Crippen molar-refractivity contribution in [3.63, 3.8) is 0 Å². The number of carbonyl (C=O) groups excluding carboxylic acids is 1. The molecule has 7 heterocycles. The summed E-state index contributed by atoms with van der Waals surface area (Å²) in [6, 6.07) is 0. The fraction of sp³-hybridized carbons (Fsp3) is 0.296. The van der Waals surface area contributed by atoms with Crippen LogP contribution in [0.2, 0.25) is 0 Å². The third-order valence-electron chi connectivity index (χ3n) is 6.33. The molecule has 0 saturated carbocycles. The lowest BCUT2D eigenvalue weighted by atomic mass is 10.2. The number of amides is 1. The minimum absolute atomic E-state index is 0.339. The number of hydrogen-bond acceptors (Lipinski definition) is 12. The lowest BCUT2D eigenvalue weighted by Crippen LogP contribution is -2.35. The zero-order valence-electron chi connectivity index (χ0n) is 25.1. The molecule has 45 heavy (non-hydrogen) atoms. The maximum Gasteiger partial charge on any atom is 0.410 e. The molecule has 7 rings (SSSR count). The summed E-state index contributed by atoms with van der Waals surface area (Å²) in [5.41, 5.74) is 4.04. The van der Waals surface area contributed by atoms with E-state index in [2.05, 4.69) is 61.9 Å². The first-order valence-electron chi connectivity index (χ1n) is 13.8. The molecule has 6 aromatic rings. The molecule has 6 aromatic heterocycles. The number of nitrogens with one attached hydrogen (secondary N) is 2. The molecule has 2 N–H and O–H groups in total. The smallest absolute Gasteiger partial charge is 0.410 e. The van der Waals surface area contributed by atoms with Crippen LogP contribution in [0.1, 0.15) is 26.5 Å². The molecule has 0 saturated heterocycles. The van der Waals surface area contributed by atoms with Crippen LogP contribution < -0.4 is 10.6 Å². The van der Waals surface area contributed by atoms with Gasteiger partial charge in [-0.05, 0) is 42.3 Å². The Hall–Kier alpha value is -5.39. The number of ether oxygens (including phenoxy) is 1. The van der Waals surface area contributed by atoms with Gasteiger partial charge in [0, 0.05) is 33.0 Å². The van der Waals surface area contributed by atoms with E-state index in [0.717, 1.165) is 22.6 Å². The third-order valence-corrected chi connectivity index (χ3v) is 6.71. The summed E-state index contributed by atoms with van der Waals surface area (Å²) in [7, 11) is 3.70. The molecule has 1 aliphatic rings. The Morgan fingerprint density at radius 1 is 0.844 bits per heavy atom. The SMILES string of the molecule is Cn1cc(Nc2nc(Br)cn3ncnc23)cn1.Cn1cc(Nc2nc(C3=CCN(C(=O)OC(C)(C)C)C3)cn3ncnc23)cn1. The van der Waals surface area contributed by atoms with Gasteiger partial charge in [-0.15, -0.1) is 0 Å². The molecule has 0 aliphatic carbocycles. The monoisotopic (exact) mass is 675 g/mol. The van der Waals surface area contributed by atoms with E-state index in [1.165, 1.54) is 12.7 Å². The highest BCUT2D eigenvalue weighted by Crippen LogP contribution is 2.25. The Bertz CT molecular complexity index is 2010. The highest BCUT2D eigenvalue weighted by molar-refractivity contribution is 9.10. The van der Waals surface area contributed by atoms with Crippen LogP contribution in [-0.4, -0.2) is 88.4 Å². The molecular weight excluding hydrogens is 646 g/mol. The molecule has 0 radical (unpaired) electrons. The topological polar surface area (TPSA) is 175 Å². The number of anilines is 4. The van der Waals surface area contributed by atoms with Crippen LogP contribution in [-0.2, 0) is 18.8 Å². The zero-order valence-corrected chi connectivity index (χ0v) is 26.7. The van der Waals surface area contributed by atoms with Crippen molar-refractivity contribution in [3.8, 4) is 0 Å². The van der Waals surface area contributed by atoms with E-state index in [0.29, 0.717) is 40.6 Å². The molecule has 0 aromatic carbocycles. The van der Waals surface area contributed by atoms with Gasteiger partial charge in [0.2, 0.25) is 0 Å². The first-order chi connectivity index (χ1) is 21.5. The van der Waals surface area contributed by atoms with E-state index < -0.39 is 5.60 Å². The zero-order chi connectivity index (χ0) is 31.7. The van der Waals surface area contributed by atoms with E-state index in [1.54, 1.807) is 48.1 Å². The maximum atomic E-state index is 12.3. The predicted molar refractivity (Wildman–Crippen MR) is 168 cm³/mol. The number of aryl methyl sites for hydroxylation is 2. The molecule has 1 amide bonds. The van der Waals surface area contributed by atoms with E-state index in [9.17, 15) is 4.79 Å². The van der Waals surface area contributed by atoms with Crippen molar-refractivity contribution < 1.29 is 9.53 Å². The number of carbonyl (C=O) groups is 1. The molecule has 0 unspecified atom stereocenters. The minimum atomic E-state index is -0.529. The van der Waals surface area contributed by atoms with Gasteiger partial charge in [0.1, 0.15) is 22.9 Å². The Labute approximate surface area is 265 Å². The summed E-state index contributed by atoms with van der Waals surface area (Å²) in [5.74, 6) is 1.20. The van der Waals surface area contributed by atoms with Crippen LogP contribution >= 0.6 is 15.9 Å². The first kappa shape index (κ1) is 29.7. The van der Waals surface area contributed by atoms with Crippen molar-refractivity contribution in [2.45, 2.75) is 26.4 Å². The van der Waals surface area contributed by atoms with Crippen molar-refractivity contribution in [2.24, 2.45) is 14.1 Å². The highest BCUT2D eigenvalue weighted by Gasteiger charge is 2.27. The molecule has 18 heteroatoms. The van der Waals surface area contributed by atoms with Gasteiger partial charge < -0.3 is 20.3 Å². The number of rotatable bonds is 5. The summed E-state index contributed by atoms with van der Waals surface area (Å²) in [6.07, 6.45) is 15.3. The Balaban J connectivity index is 0.000000179. The largest absolute Gasteiger partial charge is 0.444 e. The van der Waals surface area contributed by atoms with Gasteiger partial charge in [0.15, 0.2) is 22.9 Å². The summed E-state index contributed by atoms with van der Waals surface area (Å²) in [6.45, 7) is 6.46. The van der Waals surface area contributed by atoms with Crippen LogP contribution in [0.4, 0.5) is 27.8 Å². The van der Waals surface area contributed by atoms with Crippen LogP contribution in [0.15, 0.2) is 60.5 Å². The lowest BCUT2D eigenvalue weighted by molar-refractivity contribution is 0.0306. The highest BCUT2D eigenvalue weighted by atomic mass is 79.9. The molecule has 232 valence electrons. The molecule has 0 spiro atoms. The molecule has 17 nitrogen and oxygen atoms in total. The molecular formula is C27H30BrN15O2. The summed E-state index contributed by atoms with van der Waals surface area (Å²) in [4.78, 5) is 31.4. The van der Waals surface area contributed by atoms with Crippen molar-refractivity contribution >= 4 is 61.9 Å². The Morgan fingerprint density at radius 2 is 1.42 bits per heavy atom. The maximum absolute atomic E-state index is 12.3. The van der Waals surface area contributed by atoms with Gasteiger partial charge in [0.25, 0.3) is 0 Å². The average molecular weight is 677 g/mol. The Morgan fingerprint density at radius 3 is 1.98 bits per heavy atom. The van der Waals surface area contributed by atoms with Crippen molar-refractivity contribution in [1.82, 2.24) is 63.6 Å². The van der Waals surface area contributed by atoms with E-state index in [-0.39, 0.29) is 6.09 Å². The van der Waals surface area contributed by atoms with Crippen molar-refractivity contribution in [2.75, 3.05) is 23.7 Å². The van der Waals surface area contributed by atoms with Crippen molar-refractivity contribution in [3.05, 3.63) is 66.2 Å². The van der Waals surface area contributed by atoms with E-state index >= 15 is 0 Å². The van der Waals surface area contributed by atoms with Gasteiger partial charge in [0.05, 0.1) is 48.4 Å². The third kappa shape index (κ3) is 6.90. The van der Waals surface area contributed by atoms with Crippen LogP contribution in [0.25, 0.3) is 16.9 Å². The van der Waals surface area contributed by atoms with Crippen molar-refractivity contribution in [1.29, 1.82) is 0 Å².